The minimum absolute atomic E-state index is 0.971. The van der Waals surface area contributed by atoms with E-state index in [1.807, 2.05) is 6.07 Å². The summed E-state index contributed by atoms with van der Waals surface area (Å²) in [6, 6.07) is 10.5. The average molecular weight is 228 g/mol. The van der Waals surface area contributed by atoms with Crippen molar-refractivity contribution in [2.45, 2.75) is 13.3 Å². The molecule has 0 N–H and O–H groups in total. The van der Waals surface area contributed by atoms with E-state index < -0.39 is 0 Å². The quantitative estimate of drug-likeness (QED) is 0.654. The van der Waals surface area contributed by atoms with E-state index in [1.165, 1.54) is 17.0 Å². The first kappa shape index (κ1) is 9.60. The van der Waals surface area contributed by atoms with Crippen LogP contribution in [-0.2, 0) is 6.42 Å². The summed E-state index contributed by atoms with van der Waals surface area (Å²) in [4.78, 5) is 5.73. The van der Waals surface area contributed by atoms with Gasteiger partial charge in [0.1, 0.15) is 0 Å². The molecule has 0 amide bonds. The number of nitrogens with zero attached hydrogens (tertiary/aromatic N) is 2. The number of rotatable bonds is 2. The van der Waals surface area contributed by atoms with Crippen molar-refractivity contribution in [1.82, 2.24) is 9.38 Å². The highest BCUT2D eigenvalue weighted by atomic mass is 32.1. The van der Waals surface area contributed by atoms with Crippen LogP contribution in [0.2, 0.25) is 0 Å². The number of benzene rings is 1. The monoisotopic (exact) mass is 228 g/mol. The first-order valence-electron chi connectivity index (χ1n) is 5.40. The lowest BCUT2D eigenvalue weighted by Gasteiger charge is -2.01. The zero-order valence-corrected chi connectivity index (χ0v) is 9.87. The zero-order valence-electron chi connectivity index (χ0n) is 9.05. The van der Waals surface area contributed by atoms with Gasteiger partial charge in [-0.2, -0.15) is 0 Å². The van der Waals surface area contributed by atoms with Crippen LogP contribution >= 0.6 is 11.3 Å². The summed E-state index contributed by atoms with van der Waals surface area (Å²) in [6.45, 7) is 2.15. The van der Waals surface area contributed by atoms with Gasteiger partial charge >= 0.3 is 0 Å². The molecule has 0 saturated heterocycles. The molecule has 0 fully saturated rings. The standard InChI is InChI=1S/C13H12N2S/c1-2-11-12(10-6-4-3-5-7-10)15-8-9-16-13(15)14-11/h3-9H,2H2,1H3. The maximum Gasteiger partial charge on any atom is 0.194 e. The molecule has 0 radical (unpaired) electrons. The number of hydrogen-bond acceptors (Lipinski definition) is 2. The van der Waals surface area contributed by atoms with Crippen LogP contribution in [-0.4, -0.2) is 9.38 Å². The predicted octanol–water partition coefficient (Wildman–Crippen LogP) is 3.63. The fraction of sp³-hybridized carbons (Fsp3) is 0.154. The largest absolute Gasteiger partial charge is 0.290 e. The summed E-state index contributed by atoms with van der Waals surface area (Å²) in [7, 11) is 0. The third-order valence-electron chi connectivity index (χ3n) is 2.72. The van der Waals surface area contributed by atoms with Gasteiger partial charge in [0.05, 0.1) is 11.4 Å². The van der Waals surface area contributed by atoms with Crippen LogP contribution in [0.3, 0.4) is 0 Å². The Kier molecular flexibility index (Phi) is 2.26. The van der Waals surface area contributed by atoms with Gasteiger partial charge in [-0.15, -0.1) is 11.3 Å². The Bertz CT molecular complexity index is 607. The van der Waals surface area contributed by atoms with Crippen molar-refractivity contribution in [3.63, 3.8) is 0 Å². The van der Waals surface area contributed by atoms with E-state index in [4.69, 9.17) is 0 Å². The normalized spacial score (nSPS) is 11.1. The van der Waals surface area contributed by atoms with Gasteiger partial charge in [0.25, 0.3) is 0 Å². The molecule has 3 rings (SSSR count). The number of aryl methyl sites for hydroxylation is 1. The molecular formula is C13H12N2S. The van der Waals surface area contributed by atoms with Gasteiger partial charge in [0.15, 0.2) is 4.96 Å². The Morgan fingerprint density at radius 1 is 1.25 bits per heavy atom. The lowest BCUT2D eigenvalue weighted by atomic mass is 10.1. The summed E-state index contributed by atoms with van der Waals surface area (Å²) in [5, 5.41) is 2.08. The highest BCUT2D eigenvalue weighted by Crippen LogP contribution is 2.27. The molecule has 0 bridgehead atoms. The summed E-state index contributed by atoms with van der Waals surface area (Å²) in [5.41, 5.74) is 3.66. The second kappa shape index (κ2) is 3.76. The molecule has 80 valence electrons. The number of thiazole rings is 1. The average Bonchev–Trinajstić information content (AvgIpc) is 2.89. The van der Waals surface area contributed by atoms with Crippen molar-refractivity contribution in [3.05, 3.63) is 47.6 Å². The fourth-order valence-electron chi connectivity index (χ4n) is 1.98. The molecule has 2 heterocycles. The molecule has 2 aromatic heterocycles. The second-order valence-corrected chi connectivity index (χ2v) is 4.56. The zero-order chi connectivity index (χ0) is 11.0. The van der Waals surface area contributed by atoms with E-state index in [2.05, 4.69) is 52.2 Å². The van der Waals surface area contributed by atoms with Gasteiger partial charge in [-0.05, 0) is 6.42 Å². The maximum atomic E-state index is 4.65. The van der Waals surface area contributed by atoms with Gasteiger partial charge < -0.3 is 0 Å². The lowest BCUT2D eigenvalue weighted by Crippen LogP contribution is -1.88. The molecule has 0 saturated carbocycles. The summed E-state index contributed by atoms with van der Waals surface area (Å²) >= 11 is 1.68. The molecule has 0 aliphatic carbocycles. The molecule has 2 nitrogen and oxygen atoms in total. The van der Waals surface area contributed by atoms with Crippen molar-refractivity contribution in [1.29, 1.82) is 0 Å². The maximum absolute atomic E-state index is 4.65. The van der Waals surface area contributed by atoms with Crippen LogP contribution in [0.4, 0.5) is 0 Å². The SMILES string of the molecule is CCc1nc2sccn2c1-c1ccccc1. The first-order chi connectivity index (χ1) is 7.90. The number of imidazole rings is 1. The van der Waals surface area contributed by atoms with Crippen LogP contribution in [0.25, 0.3) is 16.2 Å². The Hall–Kier alpha value is -1.61. The highest BCUT2D eigenvalue weighted by molar-refractivity contribution is 7.15. The molecule has 3 aromatic rings. The first-order valence-corrected chi connectivity index (χ1v) is 6.28. The van der Waals surface area contributed by atoms with Gasteiger partial charge in [-0.3, -0.25) is 4.40 Å². The van der Waals surface area contributed by atoms with Crippen LogP contribution in [0.5, 0.6) is 0 Å². The van der Waals surface area contributed by atoms with Gasteiger partial charge in [0, 0.05) is 17.1 Å². The third kappa shape index (κ3) is 1.36. The van der Waals surface area contributed by atoms with Crippen molar-refractivity contribution in [3.8, 4) is 11.3 Å². The van der Waals surface area contributed by atoms with Gasteiger partial charge in [-0.1, -0.05) is 37.3 Å². The Balaban J connectivity index is 2.32. The predicted molar refractivity (Wildman–Crippen MR) is 67.9 cm³/mol. The molecule has 16 heavy (non-hydrogen) atoms. The number of fused-ring (bicyclic) bond motifs is 1. The Morgan fingerprint density at radius 3 is 2.81 bits per heavy atom. The Labute approximate surface area is 98.2 Å². The molecule has 0 atom stereocenters. The van der Waals surface area contributed by atoms with Gasteiger partial charge in [-0.25, -0.2) is 4.98 Å². The minimum atomic E-state index is 0.971. The van der Waals surface area contributed by atoms with Crippen molar-refractivity contribution in [2.75, 3.05) is 0 Å². The number of hydrogen-bond donors (Lipinski definition) is 0. The van der Waals surface area contributed by atoms with Crippen LogP contribution in [0, 0.1) is 0 Å². The van der Waals surface area contributed by atoms with E-state index in [0.717, 1.165) is 11.4 Å². The van der Waals surface area contributed by atoms with E-state index in [9.17, 15) is 0 Å². The summed E-state index contributed by atoms with van der Waals surface area (Å²) in [6.07, 6.45) is 3.06. The molecular weight excluding hydrogens is 216 g/mol. The summed E-state index contributed by atoms with van der Waals surface area (Å²) in [5.74, 6) is 0. The van der Waals surface area contributed by atoms with Gasteiger partial charge in [0.2, 0.25) is 0 Å². The second-order valence-electron chi connectivity index (χ2n) is 3.68. The highest BCUT2D eigenvalue weighted by Gasteiger charge is 2.12. The third-order valence-corrected chi connectivity index (χ3v) is 3.47. The van der Waals surface area contributed by atoms with E-state index in [0.29, 0.717) is 0 Å². The van der Waals surface area contributed by atoms with Crippen LogP contribution in [0.1, 0.15) is 12.6 Å². The van der Waals surface area contributed by atoms with Crippen molar-refractivity contribution in [2.24, 2.45) is 0 Å². The van der Waals surface area contributed by atoms with Crippen molar-refractivity contribution >= 4 is 16.3 Å². The molecule has 3 heteroatoms. The Morgan fingerprint density at radius 2 is 2.06 bits per heavy atom. The van der Waals surface area contributed by atoms with E-state index in [-0.39, 0.29) is 0 Å². The molecule has 0 aliphatic heterocycles. The van der Waals surface area contributed by atoms with Crippen LogP contribution < -0.4 is 0 Å². The fourth-order valence-corrected chi connectivity index (χ4v) is 2.71. The smallest absolute Gasteiger partial charge is 0.194 e. The molecule has 0 spiro atoms. The lowest BCUT2D eigenvalue weighted by molar-refractivity contribution is 1.07. The molecule has 0 aliphatic rings. The van der Waals surface area contributed by atoms with E-state index >= 15 is 0 Å². The number of aromatic nitrogens is 2. The van der Waals surface area contributed by atoms with Crippen molar-refractivity contribution < 1.29 is 0 Å². The summed E-state index contributed by atoms with van der Waals surface area (Å²) < 4.78 is 2.18. The topological polar surface area (TPSA) is 17.3 Å². The molecule has 1 aromatic carbocycles. The van der Waals surface area contributed by atoms with E-state index in [1.54, 1.807) is 11.3 Å². The van der Waals surface area contributed by atoms with Crippen LogP contribution in [0.15, 0.2) is 41.9 Å². The minimum Gasteiger partial charge on any atom is -0.290 e. The molecule has 0 unspecified atom stereocenters.